The van der Waals surface area contributed by atoms with E-state index >= 15 is 0 Å². The van der Waals surface area contributed by atoms with E-state index in [1.807, 2.05) is 12.1 Å². The summed E-state index contributed by atoms with van der Waals surface area (Å²) in [6.07, 6.45) is 4.99. The molecule has 2 unspecified atom stereocenters. The van der Waals surface area contributed by atoms with Crippen LogP contribution in [0.1, 0.15) is 26.3 Å². The summed E-state index contributed by atoms with van der Waals surface area (Å²) in [6, 6.07) is 18.8. The van der Waals surface area contributed by atoms with Crippen LogP contribution in [0.5, 0.6) is 5.75 Å². The summed E-state index contributed by atoms with van der Waals surface area (Å²) in [4.78, 5) is 2.43. The molecule has 4 nitrogen and oxygen atoms in total. The highest BCUT2D eigenvalue weighted by Gasteiger charge is 2.47. The third-order valence-corrected chi connectivity index (χ3v) is 9.45. The van der Waals surface area contributed by atoms with Crippen LogP contribution in [0.25, 0.3) is 33.3 Å². The van der Waals surface area contributed by atoms with Crippen molar-refractivity contribution in [1.29, 1.82) is 0 Å². The standard InChI is InChI=1S/C32H33NO3S/c1-32(2,3)28-15-19(22-16-20(36-5)12-13-27(22)37-28)14-23-30(34)24(31(23)35)17-26-21-10-6-8-18-9-7-11-25(29(18)21)33(26)4/h6-17,23-24,30-31,34-35H,1-5H3/b19-14+,26-17-. The monoisotopic (exact) mass is 511 g/mol. The predicted molar refractivity (Wildman–Crippen MR) is 153 cm³/mol. The molecule has 1 saturated carbocycles. The van der Waals surface area contributed by atoms with Crippen molar-refractivity contribution in [3.8, 4) is 5.75 Å². The maximum Gasteiger partial charge on any atom is 0.119 e. The Bertz CT molecular complexity index is 1620. The molecule has 0 spiro atoms. The molecule has 1 aliphatic heterocycles. The Morgan fingerprint density at radius 2 is 1.65 bits per heavy atom. The van der Waals surface area contributed by atoms with Gasteiger partial charge in [-0.25, -0.2) is 0 Å². The quantitative estimate of drug-likeness (QED) is 0.358. The second kappa shape index (κ2) is 8.80. The molecule has 2 aliphatic rings. The van der Waals surface area contributed by atoms with Crippen LogP contribution in [0.15, 0.2) is 76.5 Å². The van der Waals surface area contributed by atoms with E-state index in [0.717, 1.165) is 33.1 Å². The van der Waals surface area contributed by atoms with Gasteiger partial charge in [0.2, 0.25) is 0 Å². The minimum absolute atomic E-state index is 0.00570. The first-order chi connectivity index (χ1) is 17.7. The van der Waals surface area contributed by atoms with Crippen molar-refractivity contribution in [3.05, 3.63) is 82.6 Å². The van der Waals surface area contributed by atoms with Gasteiger partial charge in [-0.05, 0) is 57.2 Å². The number of aryl methyl sites for hydroxylation is 1. The fourth-order valence-electron chi connectivity index (χ4n) is 5.71. The van der Waals surface area contributed by atoms with Crippen molar-refractivity contribution < 1.29 is 14.9 Å². The summed E-state index contributed by atoms with van der Waals surface area (Å²) in [5.41, 5.74) is 3.26. The van der Waals surface area contributed by atoms with Gasteiger partial charge in [-0.2, -0.15) is 0 Å². The van der Waals surface area contributed by atoms with Gasteiger partial charge in [-0.1, -0.05) is 75.0 Å². The summed E-state index contributed by atoms with van der Waals surface area (Å²) in [5.74, 6) is 0.118. The van der Waals surface area contributed by atoms with Crippen molar-refractivity contribution in [2.24, 2.45) is 24.3 Å². The first-order valence-electron chi connectivity index (χ1n) is 12.8. The lowest BCUT2D eigenvalue weighted by Gasteiger charge is -2.44. The molecule has 0 amide bonds. The number of aliphatic hydroxyl groups excluding tert-OH is 2. The normalized spacial score (nSPS) is 25.4. The van der Waals surface area contributed by atoms with Gasteiger partial charge in [-0.3, -0.25) is 0 Å². The zero-order valence-electron chi connectivity index (χ0n) is 21.9. The van der Waals surface area contributed by atoms with Crippen LogP contribution in [-0.2, 0) is 7.05 Å². The maximum absolute atomic E-state index is 11.3. The molecule has 0 radical (unpaired) electrons. The number of allylic oxidation sites excluding steroid dienone is 3. The Hall–Kier alpha value is -2.99. The van der Waals surface area contributed by atoms with Gasteiger partial charge in [-0.15, -0.1) is 0 Å². The SMILES string of the molecule is COc1ccc2c(c1)/C(=C/C1C(O)C(/C=c3/c4cccc5cccc(c54)n3C)C1O)C=C(C(C)(C)C)S2. The van der Waals surface area contributed by atoms with Gasteiger partial charge >= 0.3 is 0 Å². The van der Waals surface area contributed by atoms with Crippen molar-refractivity contribution in [1.82, 2.24) is 4.57 Å². The molecule has 2 N–H and O–H groups in total. The van der Waals surface area contributed by atoms with E-state index in [4.69, 9.17) is 4.74 Å². The van der Waals surface area contributed by atoms with E-state index in [1.54, 1.807) is 18.9 Å². The summed E-state index contributed by atoms with van der Waals surface area (Å²) in [5, 5.41) is 27.2. The molecule has 1 fully saturated rings. The molecule has 2 heterocycles. The van der Waals surface area contributed by atoms with Gasteiger partial charge in [0.15, 0.2) is 0 Å². The Balaban J connectivity index is 1.39. The number of benzene rings is 3. The van der Waals surface area contributed by atoms with E-state index < -0.39 is 12.2 Å². The van der Waals surface area contributed by atoms with Gasteiger partial charge in [0.25, 0.3) is 0 Å². The minimum Gasteiger partial charge on any atom is -0.497 e. The van der Waals surface area contributed by atoms with E-state index in [1.165, 1.54) is 20.6 Å². The van der Waals surface area contributed by atoms with Crippen LogP contribution < -0.4 is 10.1 Å². The lowest BCUT2D eigenvalue weighted by atomic mass is 9.67. The first kappa shape index (κ1) is 24.4. The van der Waals surface area contributed by atoms with Crippen LogP contribution in [0.4, 0.5) is 0 Å². The van der Waals surface area contributed by atoms with E-state index in [0.29, 0.717) is 0 Å². The van der Waals surface area contributed by atoms with Crippen LogP contribution in [0, 0.1) is 17.3 Å². The topological polar surface area (TPSA) is 54.6 Å². The second-order valence-electron chi connectivity index (χ2n) is 11.3. The third-order valence-electron chi connectivity index (χ3n) is 7.92. The zero-order chi connectivity index (χ0) is 26.1. The summed E-state index contributed by atoms with van der Waals surface area (Å²) >= 11 is 1.78. The fraction of sp³-hybridized carbons (Fsp3) is 0.312. The van der Waals surface area contributed by atoms with Crippen molar-refractivity contribution >= 4 is 45.1 Å². The maximum atomic E-state index is 11.3. The molecule has 4 aromatic rings. The Morgan fingerprint density at radius 1 is 0.946 bits per heavy atom. The molecular formula is C32H33NO3S. The van der Waals surface area contributed by atoms with Gasteiger partial charge in [0, 0.05) is 45.4 Å². The second-order valence-corrected chi connectivity index (χ2v) is 12.4. The average molecular weight is 512 g/mol. The third kappa shape index (κ3) is 3.92. The highest BCUT2D eigenvalue weighted by atomic mass is 32.2. The van der Waals surface area contributed by atoms with Crippen LogP contribution >= 0.6 is 11.8 Å². The van der Waals surface area contributed by atoms with Crippen molar-refractivity contribution in [2.45, 2.75) is 37.9 Å². The summed E-state index contributed by atoms with van der Waals surface area (Å²) in [7, 11) is 3.73. The molecule has 1 aliphatic carbocycles. The number of fused-ring (bicyclic) bond motifs is 1. The highest BCUT2D eigenvalue weighted by Crippen LogP contribution is 2.49. The van der Waals surface area contributed by atoms with Gasteiger partial charge in [0.05, 0.1) is 19.3 Å². The summed E-state index contributed by atoms with van der Waals surface area (Å²) in [6.45, 7) is 6.64. The van der Waals surface area contributed by atoms with E-state index in [-0.39, 0.29) is 17.3 Å². The van der Waals surface area contributed by atoms with Crippen LogP contribution in [0.2, 0.25) is 0 Å². The molecule has 1 aromatic heterocycles. The molecule has 190 valence electrons. The molecule has 0 saturated heterocycles. The van der Waals surface area contributed by atoms with E-state index in [9.17, 15) is 10.2 Å². The molecule has 37 heavy (non-hydrogen) atoms. The number of ether oxygens (including phenoxy) is 1. The number of aromatic nitrogens is 1. The first-order valence-corrected chi connectivity index (χ1v) is 13.6. The lowest BCUT2D eigenvalue weighted by Crippen LogP contribution is -2.54. The zero-order valence-corrected chi connectivity index (χ0v) is 22.7. The van der Waals surface area contributed by atoms with Crippen LogP contribution in [0.3, 0.4) is 0 Å². The van der Waals surface area contributed by atoms with Crippen LogP contribution in [-0.4, -0.2) is 34.1 Å². The number of hydrogen-bond donors (Lipinski definition) is 2. The van der Waals surface area contributed by atoms with Gasteiger partial charge in [0.1, 0.15) is 5.75 Å². The number of thioether (sulfide) groups is 1. The number of rotatable bonds is 3. The molecule has 2 atom stereocenters. The molecule has 0 bridgehead atoms. The molecule has 6 rings (SSSR count). The highest BCUT2D eigenvalue weighted by molar-refractivity contribution is 8.03. The number of methoxy groups -OCH3 is 1. The number of hydrogen-bond acceptors (Lipinski definition) is 4. The Kier molecular flexibility index (Phi) is 5.79. The summed E-state index contributed by atoms with van der Waals surface area (Å²) < 4.78 is 7.66. The van der Waals surface area contributed by atoms with Crippen molar-refractivity contribution in [3.63, 3.8) is 0 Å². The number of nitrogens with zero attached hydrogens (tertiary/aromatic N) is 1. The molecular weight excluding hydrogens is 478 g/mol. The number of aliphatic hydroxyl groups is 2. The average Bonchev–Trinajstić information content (AvgIpc) is 3.16. The minimum atomic E-state index is -0.665. The molecule has 5 heteroatoms. The predicted octanol–water partition coefficient (Wildman–Crippen LogP) is 5.93. The Labute approximate surface area is 221 Å². The van der Waals surface area contributed by atoms with Crippen molar-refractivity contribution in [2.75, 3.05) is 7.11 Å². The largest absolute Gasteiger partial charge is 0.497 e. The molecule has 3 aromatic carbocycles. The Morgan fingerprint density at radius 3 is 2.35 bits per heavy atom. The van der Waals surface area contributed by atoms with E-state index in [2.05, 4.69) is 93.1 Å². The fourth-order valence-corrected chi connectivity index (χ4v) is 6.86. The smallest absolute Gasteiger partial charge is 0.119 e. The van der Waals surface area contributed by atoms with Gasteiger partial charge < -0.3 is 19.5 Å². The lowest BCUT2D eigenvalue weighted by molar-refractivity contribution is -0.103.